The number of hydrogen-bond donors (Lipinski definition) is 0. The molecular formula is C90H50N16S2. The lowest BCUT2D eigenvalue weighted by atomic mass is 10.0. The Morgan fingerprint density at radius 2 is 0.657 bits per heavy atom. The lowest BCUT2D eigenvalue weighted by molar-refractivity contribution is 0.893. The van der Waals surface area contributed by atoms with Crippen LogP contribution in [-0.4, -0.2) is 76.9 Å². The number of rotatable bonds is 9. The zero-order chi connectivity index (χ0) is 70.4. The van der Waals surface area contributed by atoms with Gasteiger partial charge in [-0.05, 0) is 114 Å². The van der Waals surface area contributed by atoms with Crippen LogP contribution >= 0.6 is 22.7 Å². The van der Waals surface area contributed by atoms with Crippen LogP contribution in [0, 0.1) is 0 Å². The average Bonchev–Trinajstić information content (AvgIpc) is 1.55. The lowest BCUT2D eigenvalue weighted by Crippen LogP contribution is -2.10. The molecule has 18 heteroatoms. The summed E-state index contributed by atoms with van der Waals surface area (Å²) in [6.07, 6.45) is 3.83. The van der Waals surface area contributed by atoms with E-state index in [2.05, 4.69) is 252 Å². The van der Waals surface area contributed by atoms with Gasteiger partial charge in [-0.3, -0.25) is 27.1 Å². The molecule has 0 spiro atoms. The van der Waals surface area contributed by atoms with Crippen LogP contribution in [0.2, 0.25) is 0 Å². The van der Waals surface area contributed by atoms with E-state index >= 15 is 0 Å². The van der Waals surface area contributed by atoms with Gasteiger partial charge in [0.2, 0.25) is 23.5 Å². The summed E-state index contributed by atoms with van der Waals surface area (Å²) in [6, 6.07) is 102. The van der Waals surface area contributed by atoms with E-state index in [4.69, 9.17) is 49.8 Å². The summed E-state index contributed by atoms with van der Waals surface area (Å²) in [5, 5.41) is 8.85. The largest absolute Gasteiger partial charge is 0.278 e. The highest BCUT2D eigenvalue weighted by atomic mass is 32.1. The summed E-state index contributed by atoms with van der Waals surface area (Å²) in [7, 11) is 0. The van der Waals surface area contributed by atoms with Crippen LogP contribution in [-0.2, 0) is 0 Å². The van der Waals surface area contributed by atoms with E-state index in [0.717, 1.165) is 159 Å². The molecule has 0 aliphatic carbocycles. The van der Waals surface area contributed by atoms with Crippen molar-refractivity contribution < 1.29 is 0 Å². The molecule has 0 radical (unpaired) electrons. The molecule has 502 valence electrons. The molecule has 12 aromatic heterocycles. The topological polar surface area (TPSA) is 157 Å². The number of nitrogens with zero attached hydrogens (tertiary/aromatic N) is 16. The highest BCUT2D eigenvalue weighted by Gasteiger charge is 2.30. The molecule has 0 saturated carbocycles. The van der Waals surface area contributed by atoms with Gasteiger partial charge in [0.25, 0.3) is 0 Å². The number of benzene rings is 12. The van der Waals surface area contributed by atoms with Gasteiger partial charge in [0.15, 0.2) is 34.9 Å². The van der Waals surface area contributed by atoms with Crippen molar-refractivity contribution in [1.29, 1.82) is 0 Å². The minimum absolute atomic E-state index is 0.454. The second-order valence-electron chi connectivity index (χ2n) is 27.2. The van der Waals surface area contributed by atoms with Crippen LogP contribution in [0.15, 0.2) is 304 Å². The molecule has 16 nitrogen and oxygen atoms in total. The van der Waals surface area contributed by atoms with Crippen LogP contribution in [0.3, 0.4) is 0 Å². The van der Waals surface area contributed by atoms with Gasteiger partial charge in [-0.2, -0.15) is 15.0 Å². The van der Waals surface area contributed by atoms with E-state index in [1.807, 2.05) is 79.1 Å². The van der Waals surface area contributed by atoms with Crippen molar-refractivity contribution in [2.24, 2.45) is 0 Å². The van der Waals surface area contributed by atoms with Crippen molar-refractivity contribution in [3.8, 4) is 80.2 Å². The SMILES string of the molecule is c1ccc(-c2nc(-c3ccccc3)nc(-c3cccc4c3n(-c3nccc5c3sc3ccccc35)c3nc5ccc(-c6ccc7c(c6)c6ccccc6n7-c6nc(-c7cccc8c7n(-c7nccc9c7sc7ccccc79)c7nc9ccccc9n87)nc(-n7c8ccccc8c8ccccc87)n6)cc5n43)n2)cc1. The summed E-state index contributed by atoms with van der Waals surface area (Å²) < 4.78 is 17.8. The number of para-hydroxylation sites is 7. The highest BCUT2D eigenvalue weighted by molar-refractivity contribution is 7.26. The van der Waals surface area contributed by atoms with Crippen molar-refractivity contribution in [1.82, 2.24) is 76.9 Å². The quantitative estimate of drug-likeness (QED) is 0.136. The molecule has 108 heavy (non-hydrogen) atoms. The Morgan fingerprint density at radius 1 is 0.241 bits per heavy atom. The van der Waals surface area contributed by atoms with Crippen LogP contribution in [0.5, 0.6) is 0 Å². The first kappa shape index (κ1) is 59.0. The predicted molar refractivity (Wildman–Crippen MR) is 437 cm³/mol. The standard InChI is InChI=1S/C90H50N16S2/c1-3-21-51(22-4-1)81-95-82(52-23-5-2-6-24-52)97-83(96-81)62-30-19-38-73-77(62)106(86-80-61(46-48-92-86)59-29-11-18-40-76(59)108-80)90-94-66-43-41-54(50-74(66)104(73)90)53-42-44-70-64(49-53)57-27-9-15-35-69(57)102(70)88-99-84(98-87(100-88)101-67-33-13-7-25-55(67)56-26-8-14-34-68(56)101)63-31-20-37-72-78(63)105(89-93-65-32-12-16-36-71(65)103(72)89)85-79-60(45-47-91-85)58-28-10-17-39-75(58)107-79/h1-50H. The number of imidazole rings is 4. The van der Waals surface area contributed by atoms with Crippen molar-refractivity contribution in [2.45, 2.75) is 0 Å². The third-order valence-corrected chi connectivity index (χ3v) is 23.7. The second-order valence-corrected chi connectivity index (χ2v) is 29.3. The monoisotopic (exact) mass is 1420 g/mol. The van der Waals surface area contributed by atoms with Gasteiger partial charge >= 0.3 is 0 Å². The Kier molecular flexibility index (Phi) is 12.3. The lowest BCUT2D eigenvalue weighted by Gasteiger charge is -2.14. The van der Waals surface area contributed by atoms with E-state index in [0.29, 0.717) is 41.0 Å². The minimum atomic E-state index is 0.454. The zero-order valence-electron chi connectivity index (χ0n) is 56.8. The third-order valence-electron chi connectivity index (χ3n) is 21.3. The van der Waals surface area contributed by atoms with Crippen LogP contribution in [0.4, 0.5) is 0 Å². The van der Waals surface area contributed by atoms with E-state index in [1.165, 1.54) is 20.2 Å². The van der Waals surface area contributed by atoms with Crippen LogP contribution in [0.25, 0.3) is 220 Å². The molecule has 0 aliphatic rings. The van der Waals surface area contributed by atoms with Gasteiger partial charge in [0, 0.05) is 87.1 Å². The van der Waals surface area contributed by atoms with E-state index < -0.39 is 0 Å². The normalized spacial score (nSPS) is 12.3. The molecule has 0 fully saturated rings. The molecule has 0 amide bonds. The molecule has 0 unspecified atom stereocenters. The average molecular weight is 1420 g/mol. The fraction of sp³-hybridized carbons (Fsp3) is 0. The maximum absolute atomic E-state index is 5.73. The first-order valence-electron chi connectivity index (χ1n) is 35.6. The van der Waals surface area contributed by atoms with Crippen LogP contribution < -0.4 is 0 Å². The van der Waals surface area contributed by atoms with Crippen molar-refractivity contribution >= 4 is 162 Å². The Hall–Kier alpha value is -14.5. The summed E-state index contributed by atoms with van der Waals surface area (Å²) in [5.41, 5.74) is 16.4. The van der Waals surface area contributed by atoms with Crippen molar-refractivity contribution in [3.63, 3.8) is 0 Å². The minimum Gasteiger partial charge on any atom is -0.278 e. The fourth-order valence-electron chi connectivity index (χ4n) is 16.6. The molecule has 24 aromatic rings. The summed E-state index contributed by atoms with van der Waals surface area (Å²) >= 11 is 3.47. The molecule has 0 atom stereocenters. The molecule has 0 bridgehead atoms. The zero-order valence-corrected chi connectivity index (χ0v) is 58.5. The molecule has 0 saturated heterocycles. The summed E-state index contributed by atoms with van der Waals surface area (Å²) in [4.78, 5) is 54.4. The maximum atomic E-state index is 5.73. The van der Waals surface area contributed by atoms with E-state index in [9.17, 15) is 0 Å². The smallest absolute Gasteiger partial charge is 0.240 e. The van der Waals surface area contributed by atoms with Gasteiger partial charge < -0.3 is 0 Å². The van der Waals surface area contributed by atoms with E-state index in [-0.39, 0.29) is 0 Å². The number of pyridine rings is 2. The number of hydrogen-bond acceptors (Lipinski definition) is 12. The van der Waals surface area contributed by atoms with Gasteiger partial charge in [0.05, 0.1) is 75.6 Å². The first-order chi connectivity index (χ1) is 53.6. The van der Waals surface area contributed by atoms with Gasteiger partial charge in [-0.15, -0.1) is 22.7 Å². The summed E-state index contributed by atoms with van der Waals surface area (Å²) in [5.74, 6) is 6.05. The highest BCUT2D eigenvalue weighted by Crippen LogP contribution is 2.46. The first-order valence-corrected chi connectivity index (χ1v) is 37.3. The molecule has 12 aromatic carbocycles. The number of aromatic nitrogens is 16. The molecule has 0 aliphatic heterocycles. The Bertz CT molecular complexity index is 7860. The number of fused-ring (bicyclic) bond motifs is 22. The summed E-state index contributed by atoms with van der Waals surface area (Å²) in [6.45, 7) is 0. The van der Waals surface area contributed by atoms with Gasteiger partial charge in [0.1, 0.15) is 0 Å². The molecule has 0 N–H and O–H groups in total. The van der Waals surface area contributed by atoms with E-state index in [1.54, 1.807) is 22.7 Å². The Labute approximate surface area is 619 Å². The van der Waals surface area contributed by atoms with Crippen LogP contribution in [0.1, 0.15) is 0 Å². The molecular weight excluding hydrogens is 1370 g/mol. The Balaban J connectivity index is 0.726. The fourth-order valence-corrected chi connectivity index (χ4v) is 18.9. The van der Waals surface area contributed by atoms with Crippen molar-refractivity contribution in [2.75, 3.05) is 0 Å². The number of thiophene rings is 2. The molecule has 12 heterocycles. The van der Waals surface area contributed by atoms with Gasteiger partial charge in [-0.25, -0.2) is 34.9 Å². The second kappa shape index (κ2) is 22.5. The van der Waals surface area contributed by atoms with Gasteiger partial charge in [-0.1, -0.05) is 188 Å². The molecule has 24 rings (SSSR count). The third kappa shape index (κ3) is 8.48. The predicted octanol–water partition coefficient (Wildman–Crippen LogP) is 21.6. The van der Waals surface area contributed by atoms with Crippen molar-refractivity contribution in [3.05, 3.63) is 304 Å². The maximum Gasteiger partial charge on any atom is 0.240 e. The Morgan fingerprint density at radius 3 is 1.21 bits per heavy atom.